The second-order valence-corrected chi connectivity index (χ2v) is 4.33. The van der Waals surface area contributed by atoms with Crippen molar-refractivity contribution in [3.63, 3.8) is 0 Å². The van der Waals surface area contributed by atoms with E-state index in [0.717, 1.165) is 11.5 Å². The van der Waals surface area contributed by atoms with E-state index >= 15 is 0 Å². The van der Waals surface area contributed by atoms with Gasteiger partial charge in [-0.1, -0.05) is 28.6 Å². The average Bonchev–Trinajstić information content (AvgIpc) is 2.90. The van der Waals surface area contributed by atoms with Crippen molar-refractivity contribution >= 4 is 22.6 Å². The van der Waals surface area contributed by atoms with Crippen molar-refractivity contribution in [1.29, 1.82) is 0 Å². The lowest BCUT2D eigenvalue weighted by atomic mass is 10.2. The Labute approximate surface area is 112 Å². The predicted octanol–water partition coefficient (Wildman–Crippen LogP) is 1.87. The Kier molecular flexibility index (Phi) is 4.35. The molecule has 6 nitrogen and oxygen atoms in total. The highest BCUT2D eigenvalue weighted by molar-refractivity contribution is 7.09. The Hall–Kier alpha value is -2.09. The number of benzene rings is 1. The van der Waals surface area contributed by atoms with Crippen LogP contribution >= 0.6 is 11.5 Å². The minimum absolute atomic E-state index is 0.0416. The van der Waals surface area contributed by atoms with Crippen LogP contribution in [-0.2, 0) is 4.79 Å². The summed E-state index contributed by atoms with van der Waals surface area (Å²) < 4.78 is 22.3. The molecule has 1 aromatic carbocycles. The van der Waals surface area contributed by atoms with Crippen molar-refractivity contribution in [3.8, 4) is 5.75 Å². The van der Waals surface area contributed by atoms with Crippen molar-refractivity contribution in [1.82, 2.24) is 14.8 Å². The van der Waals surface area contributed by atoms with Crippen LogP contribution in [0.25, 0.3) is 0 Å². The molecule has 0 saturated carbocycles. The van der Waals surface area contributed by atoms with Crippen molar-refractivity contribution < 1.29 is 13.9 Å². The first-order valence-electron chi connectivity index (χ1n) is 5.57. The molecule has 1 unspecified atom stereocenters. The van der Waals surface area contributed by atoms with E-state index in [2.05, 4.69) is 20.1 Å². The van der Waals surface area contributed by atoms with Gasteiger partial charge < -0.3 is 4.74 Å². The van der Waals surface area contributed by atoms with Crippen LogP contribution < -0.4 is 10.1 Å². The lowest BCUT2D eigenvalue weighted by Gasteiger charge is -2.16. The Morgan fingerprint density at radius 3 is 2.95 bits per heavy atom. The molecule has 0 fully saturated rings. The molecule has 8 heteroatoms. The number of nitrogens with zero attached hydrogens (tertiary/aromatic N) is 3. The molecule has 1 N–H and O–H groups in total. The van der Waals surface area contributed by atoms with Gasteiger partial charge in [-0.2, -0.15) is 0 Å². The number of carbonyl (C=O) groups is 1. The van der Waals surface area contributed by atoms with Crippen molar-refractivity contribution in [3.05, 3.63) is 30.1 Å². The zero-order chi connectivity index (χ0) is 13.7. The maximum atomic E-state index is 13.4. The van der Waals surface area contributed by atoms with Gasteiger partial charge in [-0.25, -0.2) is 4.39 Å². The van der Waals surface area contributed by atoms with Crippen molar-refractivity contribution in [2.45, 2.75) is 19.4 Å². The Balaban J connectivity index is 2.04. The van der Waals surface area contributed by atoms with Crippen LogP contribution in [0.4, 0.5) is 9.52 Å². The van der Waals surface area contributed by atoms with Gasteiger partial charge in [0.2, 0.25) is 5.13 Å². The summed E-state index contributed by atoms with van der Waals surface area (Å²) in [6.45, 7) is 1.77. The maximum absolute atomic E-state index is 13.4. The van der Waals surface area contributed by atoms with Gasteiger partial charge in [0.15, 0.2) is 17.7 Å². The van der Waals surface area contributed by atoms with E-state index in [9.17, 15) is 9.18 Å². The van der Waals surface area contributed by atoms with Crippen LogP contribution in [0, 0.1) is 5.82 Å². The molecule has 1 heterocycles. The highest BCUT2D eigenvalue weighted by Crippen LogP contribution is 2.18. The third kappa shape index (κ3) is 3.44. The third-order valence-corrected chi connectivity index (χ3v) is 2.81. The minimum atomic E-state index is -0.805. The van der Waals surface area contributed by atoms with Crippen LogP contribution in [-0.4, -0.2) is 26.8 Å². The molecule has 0 spiro atoms. The molecule has 0 bridgehead atoms. The number of ether oxygens (including phenoxy) is 1. The number of para-hydroxylation sites is 1. The van der Waals surface area contributed by atoms with E-state index in [1.54, 1.807) is 19.1 Å². The second-order valence-electron chi connectivity index (χ2n) is 3.60. The first kappa shape index (κ1) is 13.3. The zero-order valence-corrected chi connectivity index (χ0v) is 10.9. The quantitative estimate of drug-likeness (QED) is 0.905. The lowest BCUT2D eigenvalue weighted by molar-refractivity contribution is -0.122. The van der Waals surface area contributed by atoms with Crippen molar-refractivity contribution in [2.75, 3.05) is 5.32 Å². The van der Waals surface area contributed by atoms with Crippen LogP contribution in [0.2, 0.25) is 0 Å². The van der Waals surface area contributed by atoms with Crippen LogP contribution in [0.5, 0.6) is 5.75 Å². The highest BCUT2D eigenvalue weighted by atomic mass is 32.1. The molecule has 0 aliphatic heterocycles. The summed E-state index contributed by atoms with van der Waals surface area (Å²) in [5.74, 6) is -0.879. The topological polar surface area (TPSA) is 77.0 Å². The van der Waals surface area contributed by atoms with E-state index in [4.69, 9.17) is 4.74 Å². The molecule has 1 aromatic heterocycles. The smallest absolute Gasteiger partial charge is 0.267 e. The number of halogens is 1. The van der Waals surface area contributed by atoms with E-state index in [0.29, 0.717) is 6.42 Å². The summed E-state index contributed by atoms with van der Waals surface area (Å²) in [5, 5.41) is 9.74. The van der Waals surface area contributed by atoms with Gasteiger partial charge in [0.1, 0.15) is 0 Å². The molecule has 1 atom stereocenters. The number of nitrogens with one attached hydrogen (secondary N) is 1. The van der Waals surface area contributed by atoms with Gasteiger partial charge >= 0.3 is 0 Å². The zero-order valence-electron chi connectivity index (χ0n) is 10.0. The number of rotatable bonds is 5. The molecule has 2 rings (SSSR count). The number of carbonyl (C=O) groups excluding carboxylic acids is 1. The largest absolute Gasteiger partial charge is 0.478 e. The second kappa shape index (κ2) is 6.19. The van der Waals surface area contributed by atoms with E-state index in [1.165, 1.54) is 12.1 Å². The van der Waals surface area contributed by atoms with Gasteiger partial charge in [-0.05, 0) is 23.8 Å². The average molecular weight is 282 g/mol. The van der Waals surface area contributed by atoms with Gasteiger partial charge in [0.05, 0.1) is 0 Å². The molecule has 2 aromatic rings. The lowest BCUT2D eigenvalue weighted by Crippen LogP contribution is -2.32. The normalized spacial score (nSPS) is 11.9. The fourth-order valence-electron chi connectivity index (χ4n) is 1.38. The Morgan fingerprint density at radius 2 is 2.32 bits per heavy atom. The predicted molar refractivity (Wildman–Crippen MR) is 67.4 cm³/mol. The summed E-state index contributed by atoms with van der Waals surface area (Å²) >= 11 is 0.955. The minimum Gasteiger partial charge on any atom is -0.478 e. The first-order valence-corrected chi connectivity index (χ1v) is 6.35. The monoisotopic (exact) mass is 282 g/mol. The summed E-state index contributed by atoms with van der Waals surface area (Å²) in [6, 6.07) is 5.93. The number of hydrogen-bond acceptors (Lipinski definition) is 6. The molecule has 0 saturated heterocycles. The SMILES string of the molecule is CCC(Oc1ccccc1F)C(=O)Nc1nnns1. The first-order chi connectivity index (χ1) is 9.20. The number of aromatic nitrogens is 3. The number of anilines is 1. The third-order valence-electron chi connectivity index (χ3n) is 2.30. The fraction of sp³-hybridized carbons (Fsp3) is 0.273. The van der Waals surface area contributed by atoms with Crippen LogP contribution in [0.3, 0.4) is 0 Å². The standard InChI is InChI=1S/C11H11FN4O2S/c1-2-8(10(17)13-11-14-15-16-19-11)18-9-6-4-3-5-7(9)12/h3-6,8H,2H2,1H3,(H,13,14,16,17). The molecule has 0 radical (unpaired) electrons. The van der Waals surface area contributed by atoms with Crippen molar-refractivity contribution in [2.24, 2.45) is 0 Å². The van der Waals surface area contributed by atoms with Gasteiger partial charge in [-0.15, -0.1) is 0 Å². The molecule has 100 valence electrons. The number of amides is 1. The summed E-state index contributed by atoms with van der Waals surface area (Å²) in [7, 11) is 0. The molecule has 19 heavy (non-hydrogen) atoms. The molecular weight excluding hydrogens is 271 g/mol. The highest BCUT2D eigenvalue weighted by Gasteiger charge is 2.20. The van der Waals surface area contributed by atoms with Gasteiger partial charge in [-0.3, -0.25) is 10.1 Å². The molecular formula is C11H11FN4O2S. The molecule has 0 aliphatic rings. The van der Waals surface area contributed by atoms with E-state index < -0.39 is 17.8 Å². The fourth-order valence-corrected chi connectivity index (χ4v) is 1.75. The summed E-state index contributed by atoms with van der Waals surface area (Å²) in [4.78, 5) is 11.9. The van der Waals surface area contributed by atoms with E-state index in [-0.39, 0.29) is 10.9 Å². The van der Waals surface area contributed by atoms with Gasteiger partial charge in [0, 0.05) is 11.5 Å². The van der Waals surface area contributed by atoms with E-state index in [1.807, 2.05) is 0 Å². The summed E-state index contributed by atoms with van der Waals surface area (Å²) in [5.41, 5.74) is 0. The maximum Gasteiger partial charge on any atom is 0.267 e. The molecule has 1 amide bonds. The Morgan fingerprint density at radius 1 is 1.53 bits per heavy atom. The molecule has 0 aliphatic carbocycles. The van der Waals surface area contributed by atoms with Crippen LogP contribution in [0.15, 0.2) is 24.3 Å². The number of hydrogen-bond donors (Lipinski definition) is 1. The Bertz CT molecular complexity index is 549. The van der Waals surface area contributed by atoms with Crippen LogP contribution in [0.1, 0.15) is 13.3 Å². The van der Waals surface area contributed by atoms with Gasteiger partial charge in [0.25, 0.3) is 5.91 Å². The summed E-state index contributed by atoms with van der Waals surface area (Å²) in [6.07, 6.45) is -0.410.